The molecule has 0 atom stereocenters. The summed E-state index contributed by atoms with van der Waals surface area (Å²) in [5.41, 5.74) is 2.23. The number of nitrogens with zero attached hydrogens (tertiary/aromatic N) is 4. The third-order valence-corrected chi connectivity index (χ3v) is 9.66. The van der Waals surface area contributed by atoms with Crippen LogP contribution in [0, 0.1) is 11.8 Å². The number of anilines is 2. The average Bonchev–Trinajstić information content (AvgIpc) is 2.85. The van der Waals surface area contributed by atoms with E-state index >= 15 is 0 Å². The monoisotopic (exact) mass is 484 g/mol. The van der Waals surface area contributed by atoms with Gasteiger partial charge in [-0.25, -0.2) is 18.4 Å². The molecule has 0 spiro atoms. The second-order valence-electron chi connectivity index (χ2n) is 9.93. The molecule has 1 aliphatic heterocycles. The standard InChI is InChI=1S/C26H36N4O3S/c1-20(2)34(32,33)19-22-4-8-23(9-5-22)25(31)18-21-6-10-24(11-7-21)29-14-16-30(17-15-29)26-27-12-3-13-28-26/h3,6-7,10-13,20,22-23H,4-5,8-9,14-19H2,1-2H3. The Balaban J connectivity index is 1.24. The Morgan fingerprint density at radius 3 is 2.12 bits per heavy atom. The molecule has 0 bridgehead atoms. The van der Waals surface area contributed by atoms with E-state index in [0.29, 0.717) is 6.42 Å². The second kappa shape index (κ2) is 10.8. The first kappa shape index (κ1) is 24.6. The van der Waals surface area contributed by atoms with Gasteiger partial charge in [-0.15, -0.1) is 0 Å². The number of benzene rings is 1. The van der Waals surface area contributed by atoms with Crippen LogP contribution in [0.5, 0.6) is 0 Å². The zero-order valence-corrected chi connectivity index (χ0v) is 21.1. The lowest BCUT2D eigenvalue weighted by Crippen LogP contribution is -2.47. The van der Waals surface area contributed by atoms with Crippen LogP contribution in [0.25, 0.3) is 0 Å². The highest BCUT2D eigenvalue weighted by molar-refractivity contribution is 7.91. The van der Waals surface area contributed by atoms with Crippen molar-refractivity contribution in [3.63, 3.8) is 0 Å². The van der Waals surface area contributed by atoms with Crippen molar-refractivity contribution in [1.82, 2.24) is 9.97 Å². The molecule has 2 heterocycles. The minimum Gasteiger partial charge on any atom is -0.368 e. The van der Waals surface area contributed by atoms with Crippen molar-refractivity contribution in [2.45, 2.75) is 51.2 Å². The number of carbonyl (C=O) groups excluding carboxylic acids is 1. The lowest BCUT2D eigenvalue weighted by atomic mass is 9.79. The highest BCUT2D eigenvalue weighted by Gasteiger charge is 2.30. The summed E-state index contributed by atoms with van der Waals surface area (Å²) in [6.45, 7) is 7.07. The molecule has 2 aliphatic rings. The topological polar surface area (TPSA) is 83.5 Å². The quantitative estimate of drug-likeness (QED) is 0.567. The number of piperazine rings is 1. The minimum absolute atomic E-state index is 0.0611. The van der Waals surface area contributed by atoms with Crippen molar-refractivity contribution in [3.05, 3.63) is 48.3 Å². The van der Waals surface area contributed by atoms with Gasteiger partial charge in [0.2, 0.25) is 5.95 Å². The second-order valence-corrected chi connectivity index (χ2v) is 12.5. The molecule has 8 heteroatoms. The maximum absolute atomic E-state index is 12.9. The van der Waals surface area contributed by atoms with Gasteiger partial charge in [0.25, 0.3) is 0 Å². The molecular weight excluding hydrogens is 448 g/mol. The van der Waals surface area contributed by atoms with Crippen LogP contribution in [0.2, 0.25) is 0 Å². The van der Waals surface area contributed by atoms with Crippen LogP contribution in [0.1, 0.15) is 45.1 Å². The fourth-order valence-corrected chi connectivity index (χ4v) is 6.34. The molecular formula is C26H36N4O3S. The predicted molar refractivity (Wildman–Crippen MR) is 136 cm³/mol. The summed E-state index contributed by atoms with van der Waals surface area (Å²) in [5.74, 6) is 1.59. The number of hydrogen-bond donors (Lipinski definition) is 0. The largest absolute Gasteiger partial charge is 0.368 e. The first-order chi connectivity index (χ1) is 16.3. The minimum atomic E-state index is -3.01. The number of sulfone groups is 1. The molecule has 0 radical (unpaired) electrons. The van der Waals surface area contributed by atoms with Gasteiger partial charge in [0.15, 0.2) is 9.84 Å². The van der Waals surface area contributed by atoms with Crippen molar-refractivity contribution in [2.75, 3.05) is 41.7 Å². The van der Waals surface area contributed by atoms with Gasteiger partial charge in [0.1, 0.15) is 5.78 Å². The Labute approximate surface area is 203 Å². The highest BCUT2D eigenvalue weighted by atomic mass is 32.2. The number of hydrogen-bond acceptors (Lipinski definition) is 7. The maximum Gasteiger partial charge on any atom is 0.225 e. The number of ketones is 1. The summed E-state index contributed by atoms with van der Waals surface area (Å²) in [4.78, 5) is 26.1. The molecule has 34 heavy (non-hydrogen) atoms. The van der Waals surface area contributed by atoms with E-state index < -0.39 is 9.84 Å². The van der Waals surface area contributed by atoms with Gasteiger partial charge in [-0.2, -0.15) is 0 Å². The summed E-state index contributed by atoms with van der Waals surface area (Å²) in [5, 5.41) is -0.323. The molecule has 1 aliphatic carbocycles. The van der Waals surface area contributed by atoms with E-state index in [1.54, 1.807) is 26.2 Å². The molecule has 0 N–H and O–H groups in total. The van der Waals surface area contributed by atoms with Crippen molar-refractivity contribution < 1.29 is 13.2 Å². The summed E-state index contributed by atoms with van der Waals surface area (Å²) >= 11 is 0. The van der Waals surface area contributed by atoms with E-state index in [-0.39, 0.29) is 28.6 Å². The molecule has 0 amide bonds. The van der Waals surface area contributed by atoms with Gasteiger partial charge in [0.05, 0.1) is 11.0 Å². The average molecular weight is 485 g/mol. The summed E-state index contributed by atoms with van der Waals surface area (Å²) in [6.07, 6.45) is 7.30. The van der Waals surface area contributed by atoms with E-state index in [0.717, 1.165) is 63.4 Å². The van der Waals surface area contributed by atoms with Crippen molar-refractivity contribution >= 4 is 27.3 Å². The summed E-state index contributed by atoms with van der Waals surface area (Å²) < 4.78 is 24.4. The van der Waals surface area contributed by atoms with Crippen molar-refractivity contribution in [3.8, 4) is 0 Å². The Morgan fingerprint density at radius 1 is 0.941 bits per heavy atom. The van der Waals surface area contributed by atoms with Crippen molar-refractivity contribution in [1.29, 1.82) is 0 Å². The Morgan fingerprint density at radius 2 is 1.53 bits per heavy atom. The van der Waals surface area contributed by atoms with Crippen molar-refractivity contribution in [2.24, 2.45) is 11.8 Å². The van der Waals surface area contributed by atoms with Gasteiger partial charge in [-0.1, -0.05) is 12.1 Å². The van der Waals surface area contributed by atoms with Crippen LogP contribution in [0.15, 0.2) is 42.7 Å². The molecule has 1 saturated carbocycles. The molecule has 7 nitrogen and oxygen atoms in total. The molecule has 4 rings (SSSR count). The molecule has 2 fully saturated rings. The lowest BCUT2D eigenvalue weighted by Gasteiger charge is -2.36. The predicted octanol–water partition coefficient (Wildman–Crippen LogP) is 3.54. The summed E-state index contributed by atoms with van der Waals surface area (Å²) in [6, 6.07) is 10.2. The number of rotatable bonds is 8. The lowest BCUT2D eigenvalue weighted by molar-refractivity contribution is -0.123. The van der Waals surface area contributed by atoms with Crippen LogP contribution in [0.4, 0.5) is 11.6 Å². The third kappa shape index (κ3) is 6.14. The maximum atomic E-state index is 12.9. The van der Waals surface area contributed by atoms with E-state index in [2.05, 4.69) is 44.0 Å². The number of Topliss-reactive ketones (excluding diaryl/α,β-unsaturated/α-hetero) is 1. The van der Waals surface area contributed by atoms with E-state index in [1.165, 1.54) is 5.69 Å². The first-order valence-electron chi connectivity index (χ1n) is 12.4. The van der Waals surface area contributed by atoms with Gasteiger partial charge < -0.3 is 9.80 Å². The first-order valence-corrected chi connectivity index (χ1v) is 14.1. The number of aromatic nitrogens is 2. The SMILES string of the molecule is CC(C)S(=O)(=O)CC1CCC(C(=O)Cc2ccc(N3CCN(c4ncccn4)CC3)cc2)CC1. The van der Waals surface area contributed by atoms with Crippen LogP contribution < -0.4 is 9.80 Å². The number of carbonyl (C=O) groups is 1. The summed E-state index contributed by atoms with van der Waals surface area (Å²) in [7, 11) is -3.01. The van der Waals surface area contributed by atoms with Gasteiger partial charge in [-0.3, -0.25) is 4.79 Å². The Kier molecular flexibility index (Phi) is 7.86. The normalized spacial score (nSPS) is 21.6. The molecule has 2 aromatic rings. The van der Waals surface area contributed by atoms with Crippen LogP contribution in [-0.2, 0) is 21.1 Å². The van der Waals surface area contributed by atoms with Gasteiger partial charge >= 0.3 is 0 Å². The smallest absolute Gasteiger partial charge is 0.225 e. The van der Waals surface area contributed by atoms with Crippen LogP contribution >= 0.6 is 0 Å². The highest BCUT2D eigenvalue weighted by Crippen LogP contribution is 2.32. The fraction of sp³-hybridized carbons (Fsp3) is 0.577. The molecule has 1 saturated heterocycles. The zero-order chi connectivity index (χ0) is 24.1. The van der Waals surface area contributed by atoms with Crippen LogP contribution in [0.3, 0.4) is 0 Å². The molecule has 184 valence electrons. The van der Waals surface area contributed by atoms with E-state index in [4.69, 9.17) is 0 Å². The Bertz CT molecular complexity index is 1040. The fourth-order valence-electron chi connectivity index (χ4n) is 4.96. The molecule has 1 aromatic carbocycles. The molecule has 1 aromatic heterocycles. The van der Waals surface area contributed by atoms with E-state index in [1.807, 2.05) is 6.07 Å². The van der Waals surface area contributed by atoms with E-state index in [9.17, 15) is 13.2 Å². The Hall–Kier alpha value is -2.48. The van der Waals surface area contributed by atoms with Crippen LogP contribution in [-0.4, -0.2) is 61.4 Å². The van der Waals surface area contributed by atoms with Gasteiger partial charge in [-0.05, 0) is 69.2 Å². The third-order valence-electron chi connectivity index (χ3n) is 7.28. The van der Waals surface area contributed by atoms with Gasteiger partial charge in [0, 0.05) is 56.6 Å². The molecule has 0 unspecified atom stereocenters. The zero-order valence-electron chi connectivity index (χ0n) is 20.3.